The van der Waals surface area contributed by atoms with Crippen molar-refractivity contribution < 1.29 is 0 Å². The number of benzene rings is 1. The molecule has 1 aromatic heterocycles. The summed E-state index contributed by atoms with van der Waals surface area (Å²) in [4.78, 5) is 4.60. The quantitative estimate of drug-likeness (QED) is 0.894. The minimum atomic E-state index is 0.00671. The maximum atomic E-state index is 4.60. The summed E-state index contributed by atoms with van der Waals surface area (Å²) in [6.07, 6.45) is 3.02. The normalized spacial score (nSPS) is 17.2. The number of rotatable bonds is 2. The summed E-state index contributed by atoms with van der Waals surface area (Å²) < 4.78 is 2.30. The van der Waals surface area contributed by atoms with Gasteiger partial charge in [0.1, 0.15) is 0 Å². The van der Waals surface area contributed by atoms with Crippen LogP contribution < -0.4 is 5.32 Å². The van der Waals surface area contributed by atoms with Crippen molar-refractivity contribution in [1.82, 2.24) is 14.9 Å². The van der Waals surface area contributed by atoms with Crippen molar-refractivity contribution in [2.24, 2.45) is 0 Å². The molecular formula is C16H21N3. The zero-order chi connectivity index (χ0) is 13.5. The number of hydrogen-bond acceptors (Lipinski definition) is 2. The molecule has 0 fully saturated rings. The molecule has 3 heteroatoms. The Kier molecular flexibility index (Phi) is 2.94. The highest BCUT2D eigenvalue weighted by atomic mass is 15.1. The van der Waals surface area contributed by atoms with E-state index >= 15 is 0 Å². The summed E-state index contributed by atoms with van der Waals surface area (Å²) in [7, 11) is 0. The monoisotopic (exact) mass is 255 g/mol. The Hall–Kier alpha value is -1.61. The second-order valence-corrected chi connectivity index (χ2v) is 5.90. The largest absolute Gasteiger partial charge is 0.328 e. The van der Waals surface area contributed by atoms with E-state index < -0.39 is 0 Å². The van der Waals surface area contributed by atoms with E-state index in [1.807, 2.05) is 6.33 Å². The summed E-state index contributed by atoms with van der Waals surface area (Å²) >= 11 is 0. The Morgan fingerprint density at radius 1 is 1.32 bits per heavy atom. The number of aryl methyl sites for hydroxylation is 1. The smallest absolute Gasteiger partial charge is 0.0955 e. The van der Waals surface area contributed by atoms with Crippen LogP contribution in [-0.4, -0.2) is 16.1 Å². The minimum absolute atomic E-state index is 0.00671. The molecule has 3 rings (SSSR count). The molecule has 0 atom stereocenters. The van der Waals surface area contributed by atoms with Crippen LogP contribution >= 0.6 is 0 Å². The third-order valence-corrected chi connectivity index (χ3v) is 4.04. The molecule has 1 N–H and O–H groups in total. The van der Waals surface area contributed by atoms with Gasteiger partial charge in [0.25, 0.3) is 0 Å². The van der Waals surface area contributed by atoms with Gasteiger partial charge in [0, 0.05) is 19.5 Å². The van der Waals surface area contributed by atoms with Crippen LogP contribution in [0.1, 0.15) is 36.4 Å². The highest BCUT2D eigenvalue weighted by Gasteiger charge is 2.31. The van der Waals surface area contributed by atoms with Crippen LogP contribution in [0.25, 0.3) is 0 Å². The van der Waals surface area contributed by atoms with Crippen molar-refractivity contribution in [3.05, 3.63) is 53.1 Å². The molecule has 1 aliphatic heterocycles. The van der Waals surface area contributed by atoms with E-state index in [1.54, 1.807) is 0 Å². The molecule has 0 spiro atoms. The maximum absolute atomic E-state index is 4.60. The van der Waals surface area contributed by atoms with E-state index in [9.17, 15) is 0 Å². The number of nitrogens with one attached hydrogen (secondary N) is 1. The summed E-state index contributed by atoms with van der Waals surface area (Å²) in [5, 5.41) is 3.58. The van der Waals surface area contributed by atoms with Gasteiger partial charge >= 0.3 is 0 Å². The topological polar surface area (TPSA) is 29.9 Å². The zero-order valence-electron chi connectivity index (χ0n) is 11.9. The zero-order valence-corrected chi connectivity index (χ0v) is 11.9. The molecule has 100 valence electrons. The predicted molar refractivity (Wildman–Crippen MR) is 77.2 cm³/mol. The van der Waals surface area contributed by atoms with E-state index in [0.717, 1.165) is 19.5 Å². The van der Waals surface area contributed by atoms with Crippen LogP contribution in [-0.2, 0) is 18.5 Å². The third-order valence-electron chi connectivity index (χ3n) is 4.04. The van der Waals surface area contributed by atoms with Gasteiger partial charge in [-0.25, -0.2) is 4.98 Å². The van der Waals surface area contributed by atoms with E-state index in [1.165, 1.54) is 22.5 Å². The molecule has 0 saturated carbocycles. The SMILES string of the molecule is Cc1ccccc1Cn1cnc2c1C(C)(C)NCC2. The summed E-state index contributed by atoms with van der Waals surface area (Å²) in [5.41, 5.74) is 5.29. The average molecular weight is 255 g/mol. The van der Waals surface area contributed by atoms with Gasteiger partial charge < -0.3 is 9.88 Å². The first-order valence-electron chi connectivity index (χ1n) is 6.92. The lowest BCUT2D eigenvalue weighted by atomic mass is 9.93. The van der Waals surface area contributed by atoms with E-state index in [0.29, 0.717) is 0 Å². The fourth-order valence-corrected chi connectivity index (χ4v) is 2.99. The molecule has 0 saturated heterocycles. The van der Waals surface area contributed by atoms with Gasteiger partial charge in [0.05, 0.1) is 23.3 Å². The average Bonchev–Trinajstić information content (AvgIpc) is 2.76. The molecule has 19 heavy (non-hydrogen) atoms. The van der Waals surface area contributed by atoms with Crippen molar-refractivity contribution in [1.29, 1.82) is 0 Å². The van der Waals surface area contributed by atoms with E-state index in [4.69, 9.17) is 0 Å². The van der Waals surface area contributed by atoms with E-state index in [2.05, 4.69) is 59.9 Å². The number of imidazole rings is 1. The standard InChI is InChI=1S/C16H21N3/c1-12-6-4-5-7-13(12)10-19-11-17-14-8-9-18-16(2,3)15(14)19/h4-7,11,18H,8-10H2,1-3H3. The van der Waals surface area contributed by atoms with Gasteiger partial charge in [-0.3, -0.25) is 0 Å². The second kappa shape index (κ2) is 4.49. The highest BCUT2D eigenvalue weighted by Crippen LogP contribution is 2.28. The summed E-state index contributed by atoms with van der Waals surface area (Å²) in [6.45, 7) is 8.56. The fraction of sp³-hybridized carbons (Fsp3) is 0.438. The van der Waals surface area contributed by atoms with Crippen LogP contribution in [0.2, 0.25) is 0 Å². The van der Waals surface area contributed by atoms with Gasteiger partial charge in [-0.15, -0.1) is 0 Å². The molecule has 1 aromatic carbocycles. The second-order valence-electron chi connectivity index (χ2n) is 5.90. The Morgan fingerprint density at radius 3 is 2.89 bits per heavy atom. The van der Waals surface area contributed by atoms with Gasteiger partial charge in [-0.2, -0.15) is 0 Å². The van der Waals surface area contributed by atoms with Crippen molar-refractivity contribution in [3.63, 3.8) is 0 Å². The lowest BCUT2D eigenvalue weighted by Crippen LogP contribution is -2.44. The van der Waals surface area contributed by atoms with Crippen LogP contribution in [0.5, 0.6) is 0 Å². The van der Waals surface area contributed by atoms with Crippen molar-refractivity contribution in [3.8, 4) is 0 Å². The third kappa shape index (κ3) is 2.19. The molecular weight excluding hydrogens is 234 g/mol. The highest BCUT2D eigenvalue weighted by molar-refractivity contribution is 5.29. The lowest BCUT2D eigenvalue weighted by molar-refractivity contribution is 0.357. The number of aromatic nitrogens is 2. The molecule has 0 bridgehead atoms. The number of fused-ring (bicyclic) bond motifs is 1. The van der Waals surface area contributed by atoms with Gasteiger partial charge in [-0.1, -0.05) is 24.3 Å². The lowest BCUT2D eigenvalue weighted by Gasteiger charge is -2.32. The molecule has 0 unspecified atom stereocenters. The molecule has 1 aliphatic rings. The molecule has 0 aliphatic carbocycles. The van der Waals surface area contributed by atoms with Crippen LogP contribution in [0.3, 0.4) is 0 Å². The number of hydrogen-bond donors (Lipinski definition) is 1. The Labute approximate surface area is 114 Å². The minimum Gasteiger partial charge on any atom is -0.328 e. The molecule has 0 amide bonds. The molecule has 3 nitrogen and oxygen atoms in total. The molecule has 2 heterocycles. The first-order valence-corrected chi connectivity index (χ1v) is 6.92. The molecule has 2 aromatic rings. The van der Waals surface area contributed by atoms with Crippen LogP contribution in [0, 0.1) is 6.92 Å². The van der Waals surface area contributed by atoms with Crippen molar-refractivity contribution in [2.75, 3.05) is 6.54 Å². The fourth-order valence-electron chi connectivity index (χ4n) is 2.99. The first kappa shape index (κ1) is 12.4. The van der Waals surface area contributed by atoms with Gasteiger partial charge in [-0.05, 0) is 31.9 Å². The van der Waals surface area contributed by atoms with E-state index in [-0.39, 0.29) is 5.54 Å². The van der Waals surface area contributed by atoms with Crippen LogP contribution in [0.15, 0.2) is 30.6 Å². The predicted octanol–water partition coefficient (Wildman–Crippen LogP) is 2.62. The van der Waals surface area contributed by atoms with Crippen LogP contribution in [0.4, 0.5) is 0 Å². The maximum Gasteiger partial charge on any atom is 0.0955 e. The van der Waals surface area contributed by atoms with Crippen molar-refractivity contribution >= 4 is 0 Å². The molecule has 0 radical (unpaired) electrons. The Morgan fingerprint density at radius 2 is 2.11 bits per heavy atom. The Balaban J connectivity index is 2.00. The van der Waals surface area contributed by atoms with Gasteiger partial charge in [0.2, 0.25) is 0 Å². The van der Waals surface area contributed by atoms with Gasteiger partial charge in [0.15, 0.2) is 0 Å². The number of nitrogens with zero attached hydrogens (tertiary/aromatic N) is 2. The summed E-state index contributed by atoms with van der Waals surface area (Å²) in [6, 6.07) is 8.57. The Bertz CT molecular complexity index is 596. The summed E-state index contributed by atoms with van der Waals surface area (Å²) in [5.74, 6) is 0. The van der Waals surface area contributed by atoms with Crippen molar-refractivity contribution in [2.45, 2.75) is 39.3 Å². The first-order chi connectivity index (χ1) is 9.08.